The van der Waals surface area contributed by atoms with Crippen molar-refractivity contribution in [2.75, 3.05) is 26.4 Å². The van der Waals surface area contributed by atoms with Crippen LogP contribution in [0.4, 0.5) is 0 Å². The largest absolute Gasteiger partial charge is 0.465 e. The van der Waals surface area contributed by atoms with E-state index in [9.17, 15) is 19.8 Å². The predicted molar refractivity (Wildman–Crippen MR) is 306 cm³/mol. The zero-order valence-electron chi connectivity index (χ0n) is 47.8. The molecule has 0 saturated carbocycles. The van der Waals surface area contributed by atoms with E-state index in [1.54, 1.807) is 0 Å². The normalized spacial score (nSPS) is 15.3. The molecule has 1 heterocycles. The second-order valence-electron chi connectivity index (χ2n) is 23.1. The van der Waals surface area contributed by atoms with Gasteiger partial charge in [0.1, 0.15) is 13.2 Å². The molecule has 0 aromatic rings. The van der Waals surface area contributed by atoms with Gasteiger partial charge in [0, 0.05) is 0 Å². The number of ether oxygens (including phenoxy) is 2. The van der Waals surface area contributed by atoms with E-state index in [1.165, 1.54) is 315 Å². The highest BCUT2D eigenvalue weighted by Crippen LogP contribution is 2.25. The van der Waals surface area contributed by atoms with Crippen LogP contribution in [-0.2, 0) is 19.1 Å². The molecule has 6 nitrogen and oxygen atoms in total. The molecule has 1 aliphatic rings. The first kappa shape index (κ1) is 67.6. The fourth-order valence-corrected chi connectivity index (χ4v) is 10.8. The fraction of sp³-hybridized carbons (Fsp3) is 0.938. The molecule has 0 spiro atoms. The van der Waals surface area contributed by atoms with E-state index in [1.807, 2.05) is 0 Å². The standard InChI is InChI=1S/C65H124O6/c1-2-3-4-5-6-7-8-9-10-11-12-13-14-15-16-17-18-19-20-21-22-23-24-25-26-27-28-29-30-31-32-33-34-35-36-37-38-39-40-41-42-43-44-45-46-47-48-49-50-51-52-53-54-55-56-62-57-63(68)70-60-65(58-66,59-67)61-71-64(62)69/h33-34,62,66-67H,2-32,35-61H2,1H3/b34-33+. The summed E-state index contributed by atoms with van der Waals surface area (Å²) in [6.07, 6.45) is 78.7. The van der Waals surface area contributed by atoms with Crippen molar-refractivity contribution in [3.63, 3.8) is 0 Å². The number of unbranched alkanes of at least 4 members (excludes halogenated alkanes) is 50. The first-order valence-electron chi connectivity index (χ1n) is 32.3. The SMILES string of the molecule is CCCCCCCCCCCCCCCCCCCCCCCCCCCCCCCC/C=C/CCCCCCCCCCCCCCCCCCCCCCC1CC(=O)OCC(CO)(CO)COC1=O. The van der Waals surface area contributed by atoms with Gasteiger partial charge in [-0.05, 0) is 32.1 Å². The van der Waals surface area contributed by atoms with Gasteiger partial charge in [0.15, 0.2) is 0 Å². The summed E-state index contributed by atoms with van der Waals surface area (Å²) in [5, 5.41) is 19.2. The third-order valence-electron chi connectivity index (χ3n) is 16.0. The average molecular weight is 1000 g/mol. The Morgan fingerprint density at radius 3 is 0.873 bits per heavy atom. The number of carbonyl (C=O) groups is 2. The van der Waals surface area contributed by atoms with Gasteiger partial charge in [-0.1, -0.05) is 327 Å². The van der Waals surface area contributed by atoms with Gasteiger partial charge in [-0.2, -0.15) is 0 Å². The maximum Gasteiger partial charge on any atom is 0.309 e. The maximum atomic E-state index is 12.5. The minimum absolute atomic E-state index is 0.00404. The van der Waals surface area contributed by atoms with Crippen LogP contribution in [0.2, 0.25) is 0 Å². The topological polar surface area (TPSA) is 93.1 Å². The first-order valence-corrected chi connectivity index (χ1v) is 32.3. The van der Waals surface area contributed by atoms with Crippen LogP contribution >= 0.6 is 0 Å². The molecule has 0 aromatic heterocycles. The van der Waals surface area contributed by atoms with E-state index in [2.05, 4.69) is 19.1 Å². The Morgan fingerprint density at radius 2 is 0.606 bits per heavy atom. The number of cyclic esters (lactones) is 2. The highest BCUT2D eigenvalue weighted by Gasteiger charge is 2.36. The molecule has 420 valence electrons. The van der Waals surface area contributed by atoms with Crippen LogP contribution in [0.3, 0.4) is 0 Å². The van der Waals surface area contributed by atoms with Crippen LogP contribution in [0.5, 0.6) is 0 Å². The Balaban J connectivity index is 1.68. The smallest absolute Gasteiger partial charge is 0.309 e. The van der Waals surface area contributed by atoms with Crippen molar-refractivity contribution in [2.45, 2.75) is 354 Å². The Bertz CT molecular complexity index is 1120. The van der Waals surface area contributed by atoms with Gasteiger partial charge in [-0.3, -0.25) is 9.59 Å². The Labute approximate surface area is 443 Å². The highest BCUT2D eigenvalue weighted by atomic mass is 16.6. The van der Waals surface area contributed by atoms with Crippen LogP contribution in [0, 0.1) is 11.3 Å². The molecule has 1 fully saturated rings. The minimum Gasteiger partial charge on any atom is -0.465 e. The molecule has 71 heavy (non-hydrogen) atoms. The molecule has 0 aromatic carbocycles. The van der Waals surface area contributed by atoms with Gasteiger partial charge in [0.2, 0.25) is 0 Å². The second-order valence-corrected chi connectivity index (χ2v) is 23.1. The number of esters is 2. The molecule has 0 amide bonds. The lowest BCUT2D eigenvalue weighted by Gasteiger charge is -2.27. The third-order valence-corrected chi connectivity index (χ3v) is 16.0. The number of hydrogen-bond donors (Lipinski definition) is 2. The van der Waals surface area contributed by atoms with E-state index < -0.39 is 36.5 Å². The number of rotatable bonds is 56. The summed E-state index contributed by atoms with van der Waals surface area (Å²) in [6, 6.07) is 0. The molecule has 0 radical (unpaired) electrons. The van der Waals surface area contributed by atoms with Gasteiger partial charge >= 0.3 is 11.9 Å². The van der Waals surface area contributed by atoms with Crippen LogP contribution < -0.4 is 0 Å². The monoisotopic (exact) mass is 1000 g/mol. The van der Waals surface area contributed by atoms with Crippen LogP contribution in [0.15, 0.2) is 12.2 Å². The maximum absolute atomic E-state index is 12.5. The summed E-state index contributed by atoms with van der Waals surface area (Å²) < 4.78 is 10.6. The van der Waals surface area contributed by atoms with Crippen LogP contribution in [-0.4, -0.2) is 48.6 Å². The van der Waals surface area contributed by atoms with E-state index in [-0.39, 0.29) is 19.6 Å². The van der Waals surface area contributed by atoms with Gasteiger partial charge in [-0.25, -0.2) is 0 Å². The number of aliphatic hydroxyl groups excluding tert-OH is 2. The van der Waals surface area contributed by atoms with Crippen LogP contribution in [0.25, 0.3) is 0 Å². The number of carbonyl (C=O) groups excluding carboxylic acids is 2. The molecular formula is C65H124O6. The number of aliphatic hydroxyl groups is 2. The van der Waals surface area contributed by atoms with E-state index in [4.69, 9.17) is 9.47 Å². The third kappa shape index (κ3) is 46.8. The molecule has 1 rings (SSSR count). The molecule has 1 atom stereocenters. The van der Waals surface area contributed by atoms with Crippen molar-refractivity contribution >= 4 is 11.9 Å². The van der Waals surface area contributed by atoms with Crippen LogP contribution in [0.1, 0.15) is 354 Å². The van der Waals surface area contributed by atoms with E-state index in [0.717, 1.165) is 19.3 Å². The Hall–Kier alpha value is -1.40. The summed E-state index contributed by atoms with van der Waals surface area (Å²) >= 11 is 0. The summed E-state index contributed by atoms with van der Waals surface area (Å²) in [7, 11) is 0. The van der Waals surface area contributed by atoms with Crippen molar-refractivity contribution in [3.8, 4) is 0 Å². The first-order chi connectivity index (χ1) is 35.1. The van der Waals surface area contributed by atoms with Crippen molar-refractivity contribution in [1.29, 1.82) is 0 Å². The number of allylic oxidation sites excluding steroid dienone is 2. The molecule has 1 unspecified atom stereocenters. The number of hydrogen-bond acceptors (Lipinski definition) is 6. The van der Waals surface area contributed by atoms with Crippen molar-refractivity contribution < 1.29 is 29.3 Å². The van der Waals surface area contributed by atoms with Crippen molar-refractivity contribution in [2.24, 2.45) is 11.3 Å². The summed E-state index contributed by atoms with van der Waals surface area (Å²) in [6.45, 7) is 1.21. The minimum atomic E-state index is -1.12. The molecule has 0 aliphatic carbocycles. The van der Waals surface area contributed by atoms with Crippen molar-refractivity contribution in [1.82, 2.24) is 0 Å². The van der Waals surface area contributed by atoms with Gasteiger partial charge in [0.05, 0.1) is 31.0 Å². The highest BCUT2D eigenvalue weighted by molar-refractivity contribution is 5.80. The van der Waals surface area contributed by atoms with Gasteiger partial charge < -0.3 is 19.7 Å². The molecule has 6 heteroatoms. The van der Waals surface area contributed by atoms with Gasteiger partial charge in [0.25, 0.3) is 0 Å². The molecule has 1 aliphatic heterocycles. The average Bonchev–Trinajstić information content (AvgIpc) is 3.44. The van der Waals surface area contributed by atoms with Gasteiger partial charge in [-0.15, -0.1) is 0 Å². The summed E-state index contributed by atoms with van der Waals surface area (Å²) in [5.41, 5.74) is -1.12. The second kappa shape index (κ2) is 54.8. The Kier molecular flexibility index (Phi) is 52.2. The zero-order chi connectivity index (χ0) is 51.1. The summed E-state index contributed by atoms with van der Waals surface area (Å²) in [5.74, 6) is -1.40. The van der Waals surface area contributed by atoms with Crippen molar-refractivity contribution in [3.05, 3.63) is 12.2 Å². The lowest BCUT2D eigenvalue weighted by Crippen LogP contribution is -2.40. The molecular weight excluding hydrogens is 877 g/mol. The molecule has 2 N–H and O–H groups in total. The predicted octanol–water partition coefficient (Wildman–Crippen LogP) is 20.3. The molecule has 1 saturated heterocycles. The zero-order valence-corrected chi connectivity index (χ0v) is 47.8. The van der Waals surface area contributed by atoms with E-state index >= 15 is 0 Å². The Morgan fingerprint density at radius 1 is 0.366 bits per heavy atom. The summed E-state index contributed by atoms with van der Waals surface area (Å²) in [4.78, 5) is 24.7. The fourth-order valence-electron chi connectivity index (χ4n) is 10.8. The lowest BCUT2D eigenvalue weighted by atomic mass is 9.92. The van der Waals surface area contributed by atoms with E-state index in [0.29, 0.717) is 6.42 Å². The lowest BCUT2D eigenvalue weighted by molar-refractivity contribution is -0.155. The molecule has 0 bridgehead atoms. The quantitative estimate of drug-likeness (QED) is 0.0358.